The van der Waals surface area contributed by atoms with Gasteiger partial charge in [-0.1, -0.05) is 32.0 Å². The second-order valence-electron chi connectivity index (χ2n) is 3.97. The van der Waals surface area contributed by atoms with Crippen molar-refractivity contribution >= 4 is 17.4 Å². The third kappa shape index (κ3) is 2.26. The van der Waals surface area contributed by atoms with Crippen molar-refractivity contribution in [2.75, 3.05) is 0 Å². The first-order chi connectivity index (χ1) is 8.23. The van der Waals surface area contributed by atoms with Gasteiger partial charge in [0.2, 0.25) is 0 Å². The lowest BCUT2D eigenvalue weighted by Gasteiger charge is -2.47. The van der Waals surface area contributed by atoms with E-state index in [2.05, 4.69) is 0 Å². The quantitative estimate of drug-likeness (QED) is 0.750. The van der Waals surface area contributed by atoms with Gasteiger partial charge in [0.15, 0.2) is 9.84 Å². The predicted molar refractivity (Wildman–Crippen MR) is 64.5 cm³/mol. The summed E-state index contributed by atoms with van der Waals surface area (Å²) in [5.74, 6) is 0. The van der Waals surface area contributed by atoms with E-state index in [-0.39, 0.29) is 17.7 Å². The lowest BCUT2D eigenvalue weighted by Crippen LogP contribution is -2.45. The molecular formula is C11H15O5PS-2. The molecule has 1 aromatic rings. The zero-order valence-electron chi connectivity index (χ0n) is 10.2. The number of hydrogen-bond donors (Lipinski definition) is 0. The van der Waals surface area contributed by atoms with Crippen LogP contribution < -0.4 is 9.79 Å². The summed E-state index contributed by atoms with van der Waals surface area (Å²) in [4.78, 5) is 22.7. The molecule has 5 nitrogen and oxygen atoms in total. The normalized spacial score (nSPS) is 13.6. The van der Waals surface area contributed by atoms with Crippen LogP contribution in [0.1, 0.15) is 26.7 Å². The average molecular weight is 290 g/mol. The minimum Gasteiger partial charge on any atom is -0.810 e. The molecule has 0 aliphatic heterocycles. The Labute approximate surface area is 107 Å². The Morgan fingerprint density at radius 2 is 1.56 bits per heavy atom. The van der Waals surface area contributed by atoms with Crippen LogP contribution in [-0.2, 0) is 14.4 Å². The van der Waals surface area contributed by atoms with Crippen molar-refractivity contribution < 1.29 is 22.8 Å². The minimum atomic E-state index is -5.28. The zero-order chi connectivity index (χ0) is 14.0. The average Bonchev–Trinajstić information content (AvgIpc) is 2.30. The number of benzene rings is 1. The van der Waals surface area contributed by atoms with Gasteiger partial charge in [-0.25, -0.2) is 8.42 Å². The third-order valence-corrected chi connectivity index (χ3v) is 8.65. The number of rotatable bonds is 5. The second kappa shape index (κ2) is 5.13. The summed E-state index contributed by atoms with van der Waals surface area (Å²) in [5, 5.41) is 0. The van der Waals surface area contributed by atoms with Gasteiger partial charge < -0.3 is 14.4 Å². The predicted octanol–water partition coefficient (Wildman–Crippen LogP) is 0.890. The van der Waals surface area contributed by atoms with E-state index < -0.39 is 21.9 Å². The first kappa shape index (κ1) is 15.4. The van der Waals surface area contributed by atoms with Crippen molar-refractivity contribution in [3.8, 4) is 0 Å². The van der Waals surface area contributed by atoms with Crippen LogP contribution in [0.15, 0.2) is 35.2 Å². The standard InChI is InChI=1S/C11H17O5PS/c1-3-11(4-2,17(12,13)14)18(15,16)10-8-6-5-7-9-10/h5-9H,3-4H2,1-2H3,(H2,12,13,14)/p-2. The molecule has 0 aromatic heterocycles. The molecule has 0 spiro atoms. The summed E-state index contributed by atoms with van der Waals surface area (Å²) in [6.07, 6.45) is -0.518. The molecule has 102 valence electrons. The molecule has 7 heteroatoms. The Morgan fingerprint density at radius 1 is 1.11 bits per heavy atom. The molecular weight excluding hydrogens is 275 g/mol. The molecule has 1 rings (SSSR count). The summed E-state index contributed by atoms with van der Waals surface area (Å²) in [7, 11) is -9.49. The Kier molecular flexibility index (Phi) is 4.38. The van der Waals surface area contributed by atoms with Gasteiger partial charge in [-0.2, -0.15) is 0 Å². The summed E-state index contributed by atoms with van der Waals surface area (Å²) < 4.78 is 33.9. The van der Waals surface area contributed by atoms with Crippen LogP contribution in [-0.4, -0.2) is 12.9 Å². The van der Waals surface area contributed by atoms with Crippen molar-refractivity contribution in [1.82, 2.24) is 0 Å². The molecule has 0 heterocycles. The van der Waals surface area contributed by atoms with E-state index in [9.17, 15) is 22.8 Å². The zero-order valence-corrected chi connectivity index (χ0v) is 11.9. The Morgan fingerprint density at radius 3 is 1.89 bits per heavy atom. The van der Waals surface area contributed by atoms with Gasteiger partial charge in [0, 0.05) is 0 Å². The first-order valence-corrected chi connectivity index (χ1v) is 8.57. The lowest BCUT2D eigenvalue weighted by molar-refractivity contribution is -0.318. The molecule has 0 aliphatic carbocycles. The number of sulfone groups is 1. The van der Waals surface area contributed by atoms with Crippen LogP contribution in [0.3, 0.4) is 0 Å². The summed E-state index contributed by atoms with van der Waals surface area (Å²) >= 11 is 0. The molecule has 0 aliphatic rings. The van der Waals surface area contributed by atoms with Crippen molar-refractivity contribution in [2.45, 2.75) is 36.1 Å². The summed E-state index contributed by atoms with van der Waals surface area (Å²) in [5.41, 5.74) is 0. The fraction of sp³-hybridized carbons (Fsp3) is 0.455. The maximum absolute atomic E-state index is 12.4. The van der Waals surface area contributed by atoms with E-state index in [0.717, 1.165) is 0 Å². The fourth-order valence-electron chi connectivity index (χ4n) is 1.98. The molecule has 0 saturated heterocycles. The van der Waals surface area contributed by atoms with Crippen molar-refractivity contribution in [3.05, 3.63) is 30.3 Å². The molecule has 0 radical (unpaired) electrons. The Hall–Kier alpha value is -0.680. The monoisotopic (exact) mass is 290 g/mol. The molecule has 0 fully saturated rings. The van der Waals surface area contributed by atoms with Crippen LogP contribution in [0.4, 0.5) is 0 Å². The molecule has 0 atom stereocenters. The van der Waals surface area contributed by atoms with Gasteiger partial charge in [0.05, 0.1) is 4.90 Å². The van der Waals surface area contributed by atoms with E-state index in [1.807, 2.05) is 0 Å². The highest BCUT2D eigenvalue weighted by atomic mass is 32.2. The van der Waals surface area contributed by atoms with Gasteiger partial charge >= 0.3 is 0 Å². The van der Waals surface area contributed by atoms with Crippen LogP contribution in [0, 0.1) is 0 Å². The Balaban J connectivity index is 3.54. The van der Waals surface area contributed by atoms with Gasteiger partial charge in [-0.15, -0.1) is 0 Å². The summed E-state index contributed by atoms with van der Waals surface area (Å²) in [6.45, 7) is 2.79. The van der Waals surface area contributed by atoms with E-state index >= 15 is 0 Å². The summed E-state index contributed by atoms with van der Waals surface area (Å²) in [6, 6.07) is 7.19. The van der Waals surface area contributed by atoms with Gasteiger partial charge in [-0.05, 0) is 32.6 Å². The van der Waals surface area contributed by atoms with E-state index in [4.69, 9.17) is 0 Å². The van der Waals surface area contributed by atoms with Crippen molar-refractivity contribution in [3.63, 3.8) is 0 Å². The third-order valence-electron chi connectivity index (χ3n) is 3.16. The molecule has 18 heavy (non-hydrogen) atoms. The maximum atomic E-state index is 12.4. The fourth-order valence-corrected chi connectivity index (χ4v) is 5.97. The topological polar surface area (TPSA) is 97.3 Å². The van der Waals surface area contributed by atoms with Gasteiger partial charge in [0.1, 0.15) is 4.49 Å². The lowest BCUT2D eigenvalue weighted by atomic mass is 10.2. The minimum absolute atomic E-state index is 0.138. The second-order valence-corrected chi connectivity index (χ2v) is 8.38. The smallest absolute Gasteiger partial charge is 0.188 e. The highest BCUT2D eigenvalue weighted by molar-refractivity contribution is 7.99. The first-order valence-electron chi connectivity index (χ1n) is 5.54. The van der Waals surface area contributed by atoms with E-state index in [1.54, 1.807) is 6.07 Å². The van der Waals surface area contributed by atoms with Crippen molar-refractivity contribution in [2.24, 2.45) is 0 Å². The van der Waals surface area contributed by atoms with Crippen LogP contribution in [0.5, 0.6) is 0 Å². The molecule has 1 aromatic carbocycles. The van der Waals surface area contributed by atoms with Gasteiger partial charge in [0.25, 0.3) is 0 Å². The molecule has 0 unspecified atom stereocenters. The molecule has 0 bridgehead atoms. The molecule has 0 N–H and O–H groups in total. The molecule has 0 amide bonds. The molecule has 0 saturated carbocycles. The maximum Gasteiger partial charge on any atom is 0.188 e. The van der Waals surface area contributed by atoms with Crippen LogP contribution >= 0.6 is 7.60 Å². The van der Waals surface area contributed by atoms with E-state index in [1.165, 1.54) is 38.1 Å². The largest absolute Gasteiger partial charge is 0.810 e. The Bertz CT molecular complexity index is 542. The van der Waals surface area contributed by atoms with Crippen LogP contribution in [0.25, 0.3) is 0 Å². The van der Waals surface area contributed by atoms with Crippen molar-refractivity contribution in [1.29, 1.82) is 0 Å². The SMILES string of the molecule is CCC(CC)(P(=O)([O-])[O-])S(=O)(=O)c1ccccc1. The van der Waals surface area contributed by atoms with Crippen LogP contribution in [0.2, 0.25) is 0 Å². The number of hydrogen-bond acceptors (Lipinski definition) is 5. The highest BCUT2D eigenvalue weighted by Gasteiger charge is 2.44. The highest BCUT2D eigenvalue weighted by Crippen LogP contribution is 2.53. The van der Waals surface area contributed by atoms with E-state index in [0.29, 0.717) is 0 Å². The van der Waals surface area contributed by atoms with Gasteiger partial charge in [-0.3, -0.25) is 0 Å².